The van der Waals surface area contributed by atoms with Gasteiger partial charge in [0, 0.05) is 22.3 Å². The summed E-state index contributed by atoms with van der Waals surface area (Å²) in [6.45, 7) is 0.502. The minimum atomic E-state index is -0.375. The summed E-state index contributed by atoms with van der Waals surface area (Å²) in [5.74, 6) is 0.613. The smallest absolute Gasteiger partial charge is 0.258 e. The van der Waals surface area contributed by atoms with Crippen LogP contribution < -0.4 is 15.0 Å². The zero-order valence-corrected chi connectivity index (χ0v) is 24.2. The molecule has 0 aliphatic carbocycles. The van der Waals surface area contributed by atoms with E-state index in [9.17, 15) is 9.59 Å². The molecule has 0 unspecified atom stereocenters. The van der Waals surface area contributed by atoms with Crippen molar-refractivity contribution in [3.05, 3.63) is 93.2 Å². The zero-order chi connectivity index (χ0) is 28.1. The highest BCUT2D eigenvalue weighted by molar-refractivity contribution is 7.99. The van der Waals surface area contributed by atoms with E-state index in [1.165, 1.54) is 23.4 Å². The minimum absolute atomic E-state index is 0.00865. The van der Waals surface area contributed by atoms with Crippen molar-refractivity contribution in [2.75, 3.05) is 23.8 Å². The van der Waals surface area contributed by atoms with Gasteiger partial charge in [0.15, 0.2) is 17.6 Å². The normalized spacial score (nSPS) is 12.6. The number of hydrogen-bond donors (Lipinski definition) is 1. The molecule has 0 bridgehead atoms. The first-order valence-electron chi connectivity index (χ1n) is 12.4. The summed E-state index contributed by atoms with van der Waals surface area (Å²) in [6.07, 6.45) is 1.88. The second-order valence-electron chi connectivity index (χ2n) is 8.92. The average Bonchev–Trinajstić information content (AvgIpc) is 3.36. The molecule has 4 aromatic rings. The molecule has 2 amide bonds. The lowest BCUT2D eigenvalue weighted by Gasteiger charge is -2.29. The molecule has 1 aliphatic heterocycles. The molecule has 8 nitrogen and oxygen atoms in total. The predicted octanol–water partition coefficient (Wildman–Crippen LogP) is 5.99. The quantitative estimate of drug-likeness (QED) is 0.232. The molecule has 2 heterocycles. The van der Waals surface area contributed by atoms with Crippen LogP contribution in [0.5, 0.6) is 5.75 Å². The van der Waals surface area contributed by atoms with Crippen LogP contribution in [-0.2, 0) is 22.6 Å². The Morgan fingerprint density at radius 3 is 2.62 bits per heavy atom. The number of halogens is 3. The first-order chi connectivity index (χ1) is 19.4. The van der Waals surface area contributed by atoms with Gasteiger partial charge in [-0.3, -0.25) is 14.2 Å². The number of fused-ring (bicyclic) bond motifs is 1. The van der Waals surface area contributed by atoms with Crippen LogP contribution in [0.1, 0.15) is 17.8 Å². The van der Waals surface area contributed by atoms with E-state index in [0.717, 1.165) is 18.5 Å². The number of nitrogens with zero attached hydrogens (tertiary/aromatic N) is 4. The molecule has 1 N–H and O–H groups in total. The third-order valence-electron chi connectivity index (χ3n) is 6.20. The Hall–Kier alpha value is -3.24. The number of ether oxygens (including phenoxy) is 1. The number of benzene rings is 3. The molecule has 12 heteroatoms. The van der Waals surface area contributed by atoms with E-state index in [1.807, 2.05) is 35.2 Å². The van der Waals surface area contributed by atoms with Crippen LogP contribution in [0.15, 0.2) is 71.9 Å². The summed E-state index contributed by atoms with van der Waals surface area (Å²) in [5.41, 5.74) is 2.85. The zero-order valence-electron chi connectivity index (χ0n) is 21.1. The third kappa shape index (κ3) is 6.72. The fourth-order valence-electron chi connectivity index (χ4n) is 4.34. The van der Waals surface area contributed by atoms with Gasteiger partial charge >= 0.3 is 0 Å². The molecule has 3 aromatic carbocycles. The molecule has 0 atom stereocenters. The van der Waals surface area contributed by atoms with Crippen molar-refractivity contribution in [2.45, 2.75) is 24.5 Å². The number of anilines is 1. The summed E-state index contributed by atoms with van der Waals surface area (Å²) >= 11 is 19.6. The van der Waals surface area contributed by atoms with E-state index < -0.39 is 0 Å². The molecule has 0 saturated heterocycles. The maximum Gasteiger partial charge on any atom is 0.258 e. The molecule has 5 rings (SSSR count). The predicted molar refractivity (Wildman–Crippen MR) is 158 cm³/mol. The van der Waals surface area contributed by atoms with Crippen molar-refractivity contribution in [1.29, 1.82) is 0 Å². The van der Waals surface area contributed by atoms with Crippen LogP contribution in [0.3, 0.4) is 0 Å². The topological polar surface area (TPSA) is 89.3 Å². The number of rotatable bonds is 9. The van der Waals surface area contributed by atoms with Gasteiger partial charge in [0.2, 0.25) is 5.91 Å². The van der Waals surface area contributed by atoms with Gasteiger partial charge in [-0.2, -0.15) is 0 Å². The van der Waals surface area contributed by atoms with Crippen LogP contribution in [0.2, 0.25) is 15.1 Å². The monoisotopic (exact) mass is 615 g/mol. The number of carbonyl (C=O) groups is 2. The summed E-state index contributed by atoms with van der Waals surface area (Å²) < 4.78 is 7.30. The van der Waals surface area contributed by atoms with E-state index in [1.54, 1.807) is 28.8 Å². The molecular formula is C28H24Cl3N5O3S. The number of nitrogens with one attached hydrogen (secondary N) is 1. The maximum atomic E-state index is 13.2. The van der Waals surface area contributed by atoms with Crippen LogP contribution in [0.25, 0.3) is 5.69 Å². The second-order valence-corrected chi connectivity index (χ2v) is 11.1. The van der Waals surface area contributed by atoms with Gasteiger partial charge < -0.3 is 15.0 Å². The van der Waals surface area contributed by atoms with Crippen LogP contribution >= 0.6 is 46.6 Å². The van der Waals surface area contributed by atoms with Gasteiger partial charge in [-0.15, -0.1) is 10.2 Å². The average molecular weight is 617 g/mol. The molecule has 0 spiro atoms. The van der Waals surface area contributed by atoms with E-state index in [4.69, 9.17) is 39.5 Å². The highest BCUT2D eigenvalue weighted by Crippen LogP contribution is 2.30. The van der Waals surface area contributed by atoms with Crippen LogP contribution in [0.4, 0.5) is 5.69 Å². The van der Waals surface area contributed by atoms with Crippen molar-refractivity contribution in [2.24, 2.45) is 0 Å². The highest BCUT2D eigenvalue weighted by Gasteiger charge is 2.24. The van der Waals surface area contributed by atoms with Crippen molar-refractivity contribution in [3.63, 3.8) is 0 Å². The summed E-state index contributed by atoms with van der Waals surface area (Å²) in [5, 5.41) is 13.2. The van der Waals surface area contributed by atoms with Crippen molar-refractivity contribution in [1.82, 2.24) is 20.1 Å². The number of amides is 2. The number of aryl methyl sites for hydroxylation is 1. The molecule has 1 aliphatic rings. The minimum Gasteiger partial charge on any atom is -0.482 e. The van der Waals surface area contributed by atoms with Crippen molar-refractivity contribution in [3.8, 4) is 11.4 Å². The molecule has 1 aromatic heterocycles. The van der Waals surface area contributed by atoms with E-state index in [-0.39, 0.29) is 30.7 Å². The first-order valence-corrected chi connectivity index (χ1v) is 14.6. The van der Waals surface area contributed by atoms with Gasteiger partial charge in [0.25, 0.3) is 5.91 Å². The van der Waals surface area contributed by atoms with Crippen LogP contribution in [-0.4, -0.2) is 45.5 Å². The standard InChI is InChI=1S/C28H24Cl3N5O3S/c29-19-7-3-8-21(13-19)36-25(15-32-26(37)16-39-24-11-10-20(30)14-22(24)31)33-34-28(36)40-17-27(38)35-12-4-6-18-5-1-2-9-23(18)35/h1-3,5,7-11,13-14H,4,6,12,15-17H2,(H,32,37). The maximum absolute atomic E-state index is 13.2. The molecule has 40 heavy (non-hydrogen) atoms. The number of thioether (sulfide) groups is 1. The van der Waals surface area contributed by atoms with Crippen molar-refractivity contribution >= 4 is 64.1 Å². The van der Waals surface area contributed by atoms with Gasteiger partial charge in [-0.25, -0.2) is 0 Å². The fourth-order valence-corrected chi connectivity index (χ4v) is 5.84. The molecule has 206 valence electrons. The Kier molecular flexibility index (Phi) is 9.16. The Morgan fingerprint density at radius 2 is 1.80 bits per heavy atom. The molecule has 0 saturated carbocycles. The van der Waals surface area contributed by atoms with Crippen LogP contribution in [0, 0.1) is 0 Å². The second kappa shape index (κ2) is 13.0. The first kappa shape index (κ1) is 28.3. The number of aromatic nitrogens is 3. The Balaban J connectivity index is 1.28. The lowest BCUT2D eigenvalue weighted by atomic mass is 10.0. The number of hydrogen-bond acceptors (Lipinski definition) is 6. The number of carbonyl (C=O) groups excluding carboxylic acids is 2. The van der Waals surface area contributed by atoms with Gasteiger partial charge in [-0.05, 0) is 60.9 Å². The summed E-state index contributed by atoms with van der Waals surface area (Å²) in [7, 11) is 0. The fraction of sp³-hybridized carbons (Fsp3) is 0.214. The Labute approximate surface area is 250 Å². The lowest BCUT2D eigenvalue weighted by molar-refractivity contribution is -0.123. The van der Waals surface area contributed by atoms with Crippen molar-refractivity contribution < 1.29 is 14.3 Å². The Morgan fingerprint density at radius 1 is 0.975 bits per heavy atom. The molecule has 0 radical (unpaired) electrons. The summed E-state index contributed by atoms with van der Waals surface area (Å²) in [4.78, 5) is 27.6. The lowest BCUT2D eigenvalue weighted by Crippen LogP contribution is -2.36. The van der Waals surface area contributed by atoms with Gasteiger partial charge in [0.05, 0.1) is 23.0 Å². The molecular weight excluding hydrogens is 593 g/mol. The highest BCUT2D eigenvalue weighted by atomic mass is 35.5. The van der Waals surface area contributed by atoms with E-state index in [2.05, 4.69) is 21.6 Å². The van der Waals surface area contributed by atoms with E-state index >= 15 is 0 Å². The van der Waals surface area contributed by atoms with E-state index in [0.29, 0.717) is 44.0 Å². The largest absolute Gasteiger partial charge is 0.482 e. The SMILES string of the molecule is O=C(COc1ccc(Cl)cc1Cl)NCc1nnc(SCC(=O)N2CCCc3ccccc32)n1-c1cccc(Cl)c1. The number of para-hydroxylation sites is 1. The molecule has 0 fully saturated rings. The Bertz CT molecular complexity index is 1550. The summed E-state index contributed by atoms with van der Waals surface area (Å²) in [6, 6.07) is 20.0. The van der Waals surface area contributed by atoms with Gasteiger partial charge in [-0.1, -0.05) is 70.8 Å². The van der Waals surface area contributed by atoms with Gasteiger partial charge in [0.1, 0.15) is 5.75 Å². The third-order valence-corrected chi connectivity index (χ3v) is 7.88.